The third-order valence-electron chi connectivity index (χ3n) is 5.03. The van der Waals surface area contributed by atoms with E-state index >= 15 is 0 Å². The van der Waals surface area contributed by atoms with Gasteiger partial charge in [-0.25, -0.2) is 4.52 Å². The van der Waals surface area contributed by atoms with Gasteiger partial charge in [0.2, 0.25) is 5.91 Å². The number of amides is 1. The van der Waals surface area contributed by atoms with Crippen molar-refractivity contribution in [2.75, 3.05) is 19.5 Å². The molecule has 0 bridgehead atoms. The number of hydrogen-bond donors (Lipinski definition) is 1. The topological polar surface area (TPSA) is 86.9 Å². The minimum Gasteiger partial charge on any atom is -0.497 e. The second kappa shape index (κ2) is 7.38. The number of benzene rings is 1. The number of methoxy groups -OCH3 is 2. The van der Waals surface area contributed by atoms with Crippen molar-refractivity contribution >= 4 is 17.1 Å². The predicted octanol–water partition coefficient (Wildman–Crippen LogP) is 2.03. The van der Waals surface area contributed by atoms with Crippen LogP contribution in [0.2, 0.25) is 0 Å². The molecule has 0 saturated heterocycles. The van der Waals surface area contributed by atoms with Gasteiger partial charge in [-0.15, -0.1) is 0 Å². The van der Waals surface area contributed by atoms with Crippen LogP contribution >= 0.6 is 0 Å². The maximum absolute atomic E-state index is 12.9. The van der Waals surface area contributed by atoms with Crippen molar-refractivity contribution in [3.63, 3.8) is 0 Å². The van der Waals surface area contributed by atoms with Crippen molar-refractivity contribution in [1.82, 2.24) is 14.2 Å². The molecule has 2 heterocycles. The van der Waals surface area contributed by atoms with E-state index < -0.39 is 0 Å². The summed E-state index contributed by atoms with van der Waals surface area (Å²) >= 11 is 0. The van der Waals surface area contributed by atoms with E-state index in [-0.39, 0.29) is 18.0 Å². The second-order valence-corrected chi connectivity index (χ2v) is 6.77. The van der Waals surface area contributed by atoms with Gasteiger partial charge >= 0.3 is 0 Å². The molecule has 8 heteroatoms. The summed E-state index contributed by atoms with van der Waals surface area (Å²) in [5.41, 5.74) is 2.91. The molecule has 0 spiro atoms. The number of rotatable bonds is 5. The first-order valence-corrected chi connectivity index (χ1v) is 9.22. The summed E-state index contributed by atoms with van der Waals surface area (Å²) in [7, 11) is 3.08. The summed E-state index contributed by atoms with van der Waals surface area (Å²) in [5.74, 6) is 0.797. The van der Waals surface area contributed by atoms with Gasteiger partial charge < -0.3 is 19.4 Å². The third-order valence-corrected chi connectivity index (χ3v) is 5.03. The largest absolute Gasteiger partial charge is 0.497 e. The van der Waals surface area contributed by atoms with Gasteiger partial charge in [0.1, 0.15) is 23.6 Å². The summed E-state index contributed by atoms with van der Waals surface area (Å²) in [4.78, 5) is 25.5. The molecule has 3 aromatic rings. The molecule has 0 atom stereocenters. The highest BCUT2D eigenvalue weighted by molar-refractivity contribution is 5.92. The van der Waals surface area contributed by atoms with Gasteiger partial charge in [-0.05, 0) is 37.8 Å². The fourth-order valence-electron chi connectivity index (χ4n) is 3.63. The van der Waals surface area contributed by atoms with Crippen LogP contribution in [0.15, 0.2) is 35.4 Å². The highest BCUT2D eigenvalue weighted by Crippen LogP contribution is 2.29. The molecule has 1 aliphatic rings. The Morgan fingerprint density at radius 3 is 2.79 bits per heavy atom. The van der Waals surface area contributed by atoms with Gasteiger partial charge in [0, 0.05) is 24.0 Å². The smallest absolute Gasteiger partial charge is 0.277 e. The minimum atomic E-state index is -0.316. The molecule has 1 aromatic carbocycles. The van der Waals surface area contributed by atoms with Crippen LogP contribution in [-0.4, -0.2) is 34.3 Å². The standard InChI is InChI=1S/C20H22N4O4/c1-27-13-7-8-16(17(11-13)28-2)21-18(25)12-23-9-10-24-19(20(23)26)14-5-3-4-6-15(14)22-24/h7-11H,3-6,12H2,1-2H3,(H,21,25). The Morgan fingerprint density at radius 1 is 1.18 bits per heavy atom. The molecular weight excluding hydrogens is 360 g/mol. The number of nitrogens with one attached hydrogen (secondary N) is 1. The Labute approximate surface area is 161 Å². The van der Waals surface area contributed by atoms with Crippen molar-refractivity contribution in [2.45, 2.75) is 32.2 Å². The average Bonchev–Trinajstić information content (AvgIpc) is 3.09. The van der Waals surface area contributed by atoms with Crippen LogP contribution in [0.25, 0.3) is 5.52 Å². The van der Waals surface area contributed by atoms with Crippen LogP contribution in [0.1, 0.15) is 24.1 Å². The maximum Gasteiger partial charge on any atom is 0.277 e. The van der Waals surface area contributed by atoms with E-state index in [0.29, 0.717) is 22.7 Å². The van der Waals surface area contributed by atoms with Crippen LogP contribution in [0.3, 0.4) is 0 Å². The number of hydrogen-bond acceptors (Lipinski definition) is 5. The number of ether oxygens (including phenoxy) is 2. The predicted molar refractivity (Wildman–Crippen MR) is 104 cm³/mol. The number of carbonyl (C=O) groups excluding carboxylic acids is 1. The highest BCUT2D eigenvalue weighted by Gasteiger charge is 2.20. The molecule has 0 radical (unpaired) electrons. The van der Waals surface area contributed by atoms with Crippen LogP contribution < -0.4 is 20.3 Å². The lowest BCUT2D eigenvalue weighted by Crippen LogP contribution is -2.28. The Morgan fingerprint density at radius 2 is 2.00 bits per heavy atom. The Kier molecular flexibility index (Phi) is 4.77. The number of nitrogens with zero attached hydrogens (tertiary/aromatic N) is 3. The third kappa shape index (κ3) is 3.21. The lowest BCUT2D eigenvalue weighted by Gasteiger charge is -2.12. The first kappa shape index (κ1) is 18.1. The Hall–Kier alpha value is -3.29. The average molecular weight is 382 g/mol. The number of anilines is 1. The van der Waals surface area contributed by atoms with Gasteiger partial charge in [0.15, 0.2) is 0 Å². The fourth-order valence-corrected chi connectivity index (χ4v) is 3.63. The summed E-state index contributed by atoms with van der Waals surface area (Å²) < 4.78 is 13.5. The van der Waals surface area contributed by atoms with E-state index in [9.17, 15) is 9.59 Å². The van der Waals surface area contributed by atoms with Gasteiger partial charge in [-0.3, -0.25) is 9.59 Å². The van der Waals surface area contributed by atoms with Crippen LogP contribution in [0.4, 0.5) is 5.69 Å². The minimum absolute atomic E-state index is 0.0928. The van der Waals surface area contributed by atoms with Crippen molar-refractivity contribution < 1.29 is 14.3 Å². The first-order valence-electron chi connectivity index (χ1n) is 9.22. The summed E-state index contributed by atoms with van der Waals surface area (Å²) in [6, 6.07) is 5.12. The zero-order valence-electron chi connectivity index (χ0n) is 15.9. The molecule has 1 N–H and O–H groups in total. The monoisotopic (exact) mass is 382 g/mol. The molecule has 0 fully saturated rings. The molecule has 8 nitrogen and oxygen atoms in total. The molecular formula is C20H22N4O4. The molecule has 0 aliphatic heterocycles. The van der Waals surface area contributed by atoms with E-state index in [1.54, 1.807) is 42.2 Å². The number of aromatic nitrogens is 3. The van der Waals surface area contributed by atoms with Gasteiger partial charge in [-0.2, -0.15) is 5.10 Å². The number of carbonyl (C=O) groups is 1. The molecule has 28 heavy (non-hydrogen) atoms. The van der Waals surface area contributed by atoms with Crippen LogP contribution in [0.5, 0.6) is 11.5 Å². The SMILES string of the molecule is COc1ccc(NC(=O)Cn2ccn3nc4c(c3c2=O)CCCC4)c(OC)c1. The second-order valence-electron chi connectivity index (χ2n) is 6.77. The molecule has 1 aliphatic carbocycles. The van der Waals surface area contributed by atoms with Crippen molar-refractivity contribution in [3.8, 4) is 11.5 Å². The normalized spacial score (nSPS) is 13.2. The van der Waals surface area contributed by atoms with E-state index in [4.69, 9.17) is 9.47 Å². The fraction of sp³-hybridized carbons (Fsp3) is 0.350. The molecule has 146 valence electrons. The van der Waals surface area contributed by atoms with Crippen molar-refractivity contribution in [2.24, 2.45) is 0 Å². The Bertz CT molecular complexity index is 1100. The van der Waals surface area contributed by atoms with Crippen LogP contribution in [0, 0.1) is 0 Å². The molecule has 0 unspecified atom stereocenters. The zero-order valence-corrected chi connectivity index (χ0v) is 15.9. The molecule has 2 aromatic heterocycles. The lowest BCUT2D eigenvalue weighted by atomic mass is 9.97. The summed E-state index contributed by atoms with van der Waals surface area (Å²) in [6.07, 6.45) is 7.23. The van der Waals surface area contributed by atoms with E-state index in [2.05, 4.69) is 10.4 Å². The summed E-state index contributed by atoms with van der Waals surface area (Å²) in [5, 5.41) is 7.31. The quantitative estimate of drug-likeness (QED) is 0.730. The van der Waals surface area contributed by atoms with Crippen molar-refractivity contribution in [3.05, 3.63) is 52.2 Å². The number of fused-ring (bicyclic) bond motifs is 3. The Balaban J connectivity index is 1.59. The number of aryl methyl sites for hydroxylation is 2. The first-order chi connectivity index (χ1) is 13.6. The molecule has 4 rings (SSSR count). The van der Waals surface area contributed by atoms with Gasteiger partial charge in [0.05, 0.1) is 25.6 Å². The molecule has 0 saturated carbocycles. The zero-order chi connectivity index (χ0) is 19.7. The summed E-state index contributed by atoms with van der Waals surface area (Å²) in [6.45, 7) is -0.0928. The van der Waals surface area contributed by atoms with Gasteiger partial charge in [0.25, 0.3) is 5.56 Å². The van der Waals surface area contributed by atoms with Crippen LogP contribution in [-0.2, 0) is 24.2 Å². The van der Waals surface area contributed by atoms with E-state index in [1.807, 2.05) is 0 Å². The maximum atomic E-state index is 12.9. The molecule has 1 amide bonds. The van der Waals surface area contributed by atoms with E-state index in [1.165, 1.54) is 11.7 Å². The lowest BCUT2D eigenvalue weighted by molar-refractivity contribution is -0.116. The highest BCUT2D eigenvalue weighted by atomic mass is 16.5. The van der Waals surface area contributed by atoms with Gasteiger partial charge in [-0.1, -0.05) is 0 Å². The van der Waals surface area contributed by atoms with E-state index in [0.717, 1.165) is 36.9 Å². The van der Waals surface area contributed by atoms with Crippen molar-refractivity contribution in [1.29, 1.82) is 0 Å².